The zero-order valence-corrected chi connectivity index (χ0v) is 15.7. The molecule has 0 aliphatic carbocycles. The molecular weight excluding hydrogens is 399 g/mol. The molecule has 4 rings (SSSR count). The Labute approximate surface area is 161 Å². The van der Waals surface area contributed by atoms with Crippen LogP contribution in [0.2, 0.25) is 10.0 Å². The number of thiophene rings is 1. The van der Waals surface area contributed by atoms with Crippen LogP contribution in [-0.4, -0.2) is 30.7 Å². The van der Waals surface area contributed by atoms with Gasteiger partial charge in [0.05, 0.1) is 6.21 Å². The van der Waals surface area contributed by atoms with Crippen LogP contribution in [0.25, 0.3) is 5.78 Å². The minimum atomic E-state index is 0.553. The molecular formula is C15H10Cl2N6S2. The van der Waals surface area contributed by atoms with Crippen molar-refractivity contribution in [3.63, 3.8) is 0 Å². The predicted octanol–water partition coefficient (Wildman–Crippen LogP) is 4.47. The molecule has 4 aromatic rings. The number of thioether (sulfide) groups is 1. The maximum absolute atomic E-state index is 6.20. The maximum atomic E-state index is 6.20. The average Bonchev–Trinajstić information content (AvgIpc) is 3.31. The highest BCUT2D eigenvalue weighted by Gasteiger charge is 2.12. The first-order chi connectivity index (χ1) is 12.2. The van der Waals surface area contributed by atoms with Gasteiger partial charge in [-0.1, -0.05) is 47.1 Å². The van der Waals surface area contributed by atoms with Crippen LogP contribution in [0.5, 0.6) is 0 Å². The van der Waals surface area contributed by atoms with E-state index >= 15 is 0 Å². The van der Waals surface area contributed by atoms with Crippen LogP contribution in [0, 0.1) is 0 Å². The van der Waals surface area contributed by atoms with Gasteiger partial charge in [0.1, 0.15) is 6.33 Å². The fourth-order valence-electron chi connectivity index (χ4n) is 2.09. The Hall–Kier alpha value is -1.87. The number of fused-ring (bicyclic) bond motifs is 1. The van der Waals surface area contributed by atoms with Gasteiger partial charge in [-0.2, -0.15) is 19.4 Å². The van der Waals surface area contributed by atoms with Crippen molar-refractivity contribution < 1.29 is 0 Å². The molecule has 0 aliphatic heterocycles. The first kappa shape index (κ1) is 16.6. The molecule has 0 spiro atoms. The van der Waals surface area contributed by atoms with Gasteiger partial charge < -0.3 is 0 Å². The fraction of sp³-hybridized carbons (Fsp3) is 0.0667. The topological polar surface area (TPSA) is 60.4 Å². The van der Waals surface area contributed by atoms with Crippen LogP contribution >= 0.6 is 46.3 Å². The number of benzene rings is 1. The van der Waals surface area contributed by atoms with Gasteiger partial charge in [-0.3, -0.25) is 0 Å². The molecule has 0 N–H and O–H groups in total. The lowest BCUT2D eigenvalue weighted by molar-refractivity contribution is 0.816. The van der Waals surface area contributed by atoms with Crippen LogP contribution in [-0.2, 0) is 5.75 Å². The second-order valence-corrected chi connectivity index (χ2v) is 7.72. The third-order valence-corrected chi connectivity index (χ3v) is 5.66. The summed E-state index contributed by atoms with van der Waals surface area (Å²) in [7, 11) is 0. The minimum Gasteiger partial charge on any atom is -0.184 e. The molecule has 0 saturated heterocycles. The fourth-order valence-corrected chi connectivity index (χ4v) is 4.11. The molecule has 0 aliphatic rings. The van der Waals surface area contributed by atoms with Crippen molar-refractivity contribution >= 4 is 58.3 Å². The summed E-state index contributed by atoms with van der Waals surface area (Å²) in [5.41, 5.74) is 0.975. The van der Waals surface area contributed by atoms with E-state index in [1.54, 1.807) is 39.1 Å². The summed E-state index contributed by atoms with van der Waals surface area (Å²) in [5, 5.41) is 20.9. The molecule has 0 amide bonds. The number of hydrogen-bond acceptors (Lipinski definition) is 6. The quantitative estimate of drug-likeness (QED) is 0.361. The lowest BCUT2D eigenvalue weighted by atomic mass is 10.2. The Morgan fingerprint density at radius 3 is 2.96 bits per heavy atom. The third-order valence-electron chi connectivity index (χ3n) is 3.30. The number of rotatable bonds is 5. The molecule has 3 aromatic heterocycles. The van der Waals surface area contributed by atoms with Crippen molar-refractivity contribution in [2.24, 2.45) is 5.10 Å². The van der Waals surface area contributed by atoms with Crippen molar-refractivity contribution in [3.8, 4) is 0 Å². The van der Waals surface area contributed by atoms with Crippen LogP contribution < -0.4 is 0 Å². The van der Waals surface area contributed by atoms with E-state index in [0.717, 1.165) is 10.4 Å². The van der Waals surface area contributed by atoms with E-state index in [1.165, 1.54) is 11.8 Å². The zero-order chi connectivity index (χ0) is 17.2. The average molecular weight is 409 g/mol. The SMILES string of the molecule is Clc1ccc(CSc2nnc3n(/N=C\c4cccs4)cnn23)c(Cl)c1. The molecule has 6 nitrogen and oxygen atoms in total. The summed E-state index contributed by atoms with van der Waals surface area (Å²) in [6.45, 7) is 0. The molecule has 25 heavy (non-hydrogen) atoms. The number of nitrogens with zero attached hydrogens (tertiary/aromatic N) is 6. The molecule has 3 heterocycles. The zero-order valence-electron chi connectivity index (χ0n) is 12.6. The third kappa shape index (κ3) is 3.57. The summed E-state index contributed by atoms with van der Waals surface area (Å²) in [5.74, 6) is 1.19. The summed E-state index contributed by atoms with van der Waals surface area (Å²) in [4.78, 5) is 1.05. The van der Waals surface area contributed by atoms with Crippen molar-refractivity contribution in [2.75, 3.05) is 0 Å². The second kappa shape index (κ2) is 7.17. The van der Waals surface area contributed by atoms with Gasteiger partial charge >= 0.3 is 0 Å². The summed E-state index contributed by atoms with van der Waals surface area (Å²) in [6, 6.07) is 9.41. The smallest absolute Gasteiger partial charge is 0.184 e. The van der Waals surface area contributed by atoms with Gasteiger partial charge in [0.25, 0.3) is 5.78 Å². The van der Waals surface area contributed by atoms with E-state index in [4.69, 9.17) is 23.2 Å². The predicted molar refractivity (Wildman–Crippen MR) is 102 cm³/mol. The van der Waals surface area contributed by atoms with E-state index in [-0.39, 0.29) is 0 Å². The van der Waals surface area contributed by atoms with E-state index in [0.29, 0.717) is 26.7 Å². The molecule has 0 bridgehead atoms. The first-order valence-electron chi connectivity index (χ1n) is 7.14. The van der Waals surface area contributed by atoms with Crippen LogP contribution in [0.4, 0.5) is 0 Å². The molecule has 0 fully saturated rings. The summed E-state index contributed by atoms with van der Waals surface area (Å²) < 4.78 is 3.24. The van der Waals surface area contributed by atoms with Crippen molar-refractivity contribution in [3.05, 3.63) is 62.5 Å². The Morgan fingerprint density at radius 2 is 2.16 bits per heavy atom. The van der Waals surface area contributed by atoms with Gasteiger partial charge in [0.2, 0.25) is 5.16 Å². The molecule has 126 valence electrons. The lowest BCUT2D eigenvalue weighted by Crippen LogP contribution is -1.90. The van der Waals surface area contributed by atoms with Crippen molar-refractivity contribution in [2.45, 2.75) is 10.9 Å². The normalized spacial score (nSPS) is 11.8. The molecule has 0 radical (unpaired) electrons. The molecule has 1 aromatic carbocycles. The molecule has 0 atom stereocenters. The maximum Gasteiger partial charge on any atom is 0.275 e. The van der Waals surface area contributed by atoms with E-state index < -0.39 is 0 Å². The minimum absolute atomic E-state index is 0.553. The van der Waals surface area contributed by atoms with E-state index in [2.05, 4.69) is 20.4 Å². The number of aromatic nitrogens is 5. The number of halogens is 2. The largest absolute Gasteiger partial charge is 0.275 e. The Balaban J connectivity index is 1.53. The number of hydrogen-bond donors (Lipinski definition) is 0. The van der Waals surface area contributed by atoms with Gasteiger partial charge in [0, 0.05) is 20.7 Å². The highest BCUT2D eigenvalue weighted by molar-refractivity contribution is 7.98. The van der Waals surface area contributed by atoms with Crippen molar-refractivity contribution in [1.82, 2.24) is 24.5 Å². The second-order valence-electron chi connectivity index (χ2n) is 4.95. The van der Waals surface area contributed by atoms with Gasteiger partial charge in [-0.25, -0.2) is 0 Å². The highest BCUT2D eigenvalue weighted by atomic mass is 35.5. The molecule has 0 saturated carbocycles. The van der Waals surface area contributed by atoms with Crippen molar-refractivity contribution in [1.29, 1.82) is 0 Å². The van der Waals surface area contributed by atoms with Crippen LogP contribution in [0.3, 0.4) is 0 Å². The molecule has 0 unspecified atom stereocenters. The summed E-state index contributed by atoms with van der Waals surface area (Å²) in [6.07, 6.45) is 3.37. The Morgan fingerprint density at radius 1 is 1.24 bits per heavy atom. The standard InChI is InChI=1S/C15H10Cl2N6S2/c16-11-4-3-10(13(17)6-11)8-25-15-21-20-14-22(9-19-23(14)15)18-7-12-2-1-5-24-12/h1-7,9H,8H2/b18-7-. The monoisotopic (exact) mass is 408 g/mol. The highest BCUT2D eigenvalue weighted by Crippen LogP contribution is 2.27. The first-order valence-corrected chi connectivity index (χ1v) is 9.76. The Bertz CT molecular complexity index is 1040. The van der Waals surface area contributed by atoms with Crippen LogP contribution in [0.1, 0.15) is 10.4 Å². The van der Waals surface area contributed by atoms with E-state index in [1.807, 2.05) is 29.6 Å². The summed E-state index contributed by atoms with van der Waals surface area (Å²) >= 11 is 15.2. The van der Waals surface area contributed by atoms with Gasteiger partial charge in [0.15, 0.2) is 0 Å². The van der Waals surface area contributed by atoms with Crippen LogP contribution in [0.15, 0.2) is 52.3 Å². The van der Waals surface area contributed by atoms with E-state index in [9.17, 15) is 0 Å². The molecule has 10 heteroatoms. The van der Waals surface area contributed by atoms with Gasteiger partial charge in [-0.05, 0) is 29.1 Å². The lowest BCUT2D eigenvalue weighted by Gasteiger charge is -2.02. The van der Waals surface area contributed by atoms with Gasteiger partial charge in [-0.15, -0.1) is 21.5 Å². The Kier molecular flexibility index (Phi) is 4.76.